The Hall–Kier alpha value is -3.17. The molecule has 2 saturated heterocycles. The molecule has 3 heterocycles. The quantitative estimate of drug-likeness (QED) is 0.550. The predicted octanol–water partition coefficient (Wildman–Crippen LogP) is 5.78. The summed E-state index contributed by atoms with van der Waals surface area (Å²) in [7, 11) is 2.31. The summed E-state index contributed by atoms with van der Waals surface area (Å²) in [5, 5.41) is 7.63. The van der Waals surface area contributed by atoms with Crippen LogP contribution in [-0.2, 0) is 0 Å². The molecule has 6 rings (SSSR count). The molecule has 0 aromatic heterocycles. The van der Waals surface area contributed by atoms with Crippen molar-refractivity contribution in [2.75, 3.05) is 12.1 Å². The maximum Gasteiger partial charge on any atom is 0.0875 e. The fraction of sp³-hybridized carbons (Fsp3) is 0.250. The second-order valence-electron chi connectivity index (χ2n) is 8.88. The van der Waals surface area contributed by atoms with Crippen molar-refractivity contribution >= 4 is 17.5 Å². The van der Waals surface area contributed by atoms with E-state index in [0.717, 1.165) is 5.69 Å². The van der Waals surface area contributed by atoms with Gasteiger partial charge in [0.2, 0.25) is 0 Å². The van der Waals surface area contributed by atoms with Crippen molar-refractivity contribution in [3.8, 4) is 0 Å². The van der Waals surface area contributed by atoms with Crippen LogP contribution in [0.1, 0.15) is 30.0 Å². The fourth-order valence-electron chi connectivity index (χ4n) is 5.83. The zero-order valence-electron chi connectivity index (χ0n) is 17.8. The van der Waals surface area contributed by atoms with E-state index < -0.39 is 0 Å². The number of hydrazone groups is 1. The number of likely N-dealkylation sites (N-methyl/N-ethyl adjacent to an activating group) is 1. The summed E-state index contributed by atoms with van der Waals surface area (Å²) in [4.78, 5) is 2.61. The first-order valence-corrected chi connectivity index (χ1v) is 11.3. The molecule has 3 heteroatoms. The van der Waals surface area contributed by atoms with E-state index in [0.29, 0.717) is 18.0 Å². The number of hydrogen-bond acceptors (Lipinski definition) is 3. The number of piperidine rings is 1. The Morgan fingerprint density at radius 2 is 1.45 bits per heavy atom. The zero-order valence-corrected chi connectivity index (χ0v) is 17.8. The summed E-state index contributed by atoms with van der Waals surface area (Å²) in [6.07, 6.45) is 4.82. The van der Waals surface area contributed by atoms with Crippen LogP contribution in [0.3, 0.4) is 0 Å². The van der Waals surface area contributed by atoms with Gasteiger partial charge in [-0.3, -0.25) is 9.91 Å². The second-order valence-corrected chi connectivity index (χ2v) is 8.88. The molecule has 3 aliphatic rings. The summed E-state index contributed by atoms with van der Waals surface area (Å²) in [5.74, 6) is 0.362. The smallest absolute Gasteiger partial charge is 0.0875 e. The molecule has 3 nitrogen and oxygen atoms in total. The van der Waals surface area contributed by atoms with Crippen LogP contribution in [0.2, 0.25) is 0 Å². The van der Waals surface area contributed by atoms with Gasteiger partial charge >= 0.3 is 0 Å². The van der Waals surface area contributed by atoms with Gasteiger partial charge in [-0.05, 0) is 54.8 Å². The summed E-state index contributed by atoms with van der Waals surface area (Å²) in [5.41, 5.74) is 6.44. The number of para-hydroxylation sites is 1. The number of hydrogen-bond donors (Lipinski definition) is 0. The SMILES string of the molecule is CN1[C@@H]2CC[C@H]1[C@@H]1C(=NN(c3ccccc3)[C@H]1c1ccccc1)/C2=C/c1ccccc1. The Morgan fingerprint density at radius 3 is 2.16 bits per heavy atom. The average Bonchev–Trinajstić information content (AvgIpc) is 3.36. The summed E-state index contributed by atoms with van der Waals surface area (Å²) >= 11 is 0. The molecular formula is C28H27N3. The highest BCUT2D eigenvalue weighted by atomic mass is 15.5. The van der Waals surface area contributed by atoms with Crippen molar-refractivity contribution in [3.63, 3.8) is 0 Å². The van der Waals surface area contributed by atoms with Gasteiger partial charge < -0.3 is 0 Å². The maximum absolute atomic E-state index is 5.35. The first-order valence-electron chi connectivity index (χ1n) is 11.3. The molecule has 0 spiro atoms. The van der Waals surface area contributed by atoms with Crippen molar-refractivity contribution in [1.29, 1.82) is 0 Å². The lowest BCUT2D eigenvalue weighted by Crippen LogP contribution is -2.49. The van der Waals surface area contributed by atoms with Crippen LogP contribution in [0.25, 0.3) is 6.08 Å². The van der Waals surface area contributed by atoms with E-state index in [4.69, 9.17) is 5.10 Å². The lowest BCUT2D eigenvalue weighted by molar-refractivity contribution is 0.205. The Balaban J connectivity index is 1.53. The largest absolute Gasteiger partial charge is 0.296 e. The van der Waals surface area contributed by atoms with E-state index >= 15 is 0 Å². The molecule has 31 heavy (non-hydrogen) atoms. The fourth-order valence-corrected chi connectivity index (χ4v) is 5.83. The van der Waals surface area contributed by atoms with Crippen molar-refractivity contribution in [3.05, 3.63) is 108 Å². The third-order valence-corrected chi connectivity index (χ3v) is 7.24. The molecule has 3 aromatic carbocycles. The monoisotopic (exact) mass is 405 g/mol. The van der Waals surface area contributed by atoms with Gasteiger partial charge in [-0.2, -0.15) is 5.10 Å². The topological polar surface area (TPSA) is 18.8 Å². The minimum atomic E-state index is 0.212. The van der Waals surface area contributed by atoms with E-state index in [9.17, 15) is 0 Å². The molecule has 0 saturated carbocycles. The van der Waals surface area contributed by atoms with Crippen LogP contribution in [0.4, 0.5) is 5.69 Å². The van der Waals surface area contributed by atoms with Crippen molar-refractivity contribution in [2.24, 2.45) is 11.0 Å². The number of fused-ring (bicyclic) bond motifs is 4. The minimum Gasteiger partial charge on any atom is -0.296 e. The highest BCUT2D eigenvalue weighted by molar-refractivity contribution is 6.10. The van der Waals surface area contributed by atoms with Crippen LogP contribution in [0.15, 0.2) is 102 Å². The molecule has 0 amide bonds. The summed E-state index contributed by atoms with van der Waals surface area (Å²) in [6.45, 7) is 0. The lowest BCUT2D eigenvalue weighted by Gasteiger charge is -2.40. The summed E-state index contributed by atoms with van der Waals surface area (Å²) < 4.78 is 0. The molecule has 0 aliphatic carbocycles. The minimum absolute atomic E-state index is 0.212. The van der Waals surface area contributed by atoms with Crippen LogP contribution in [0.5, 0.6) is 0 Å². The van der Waals surface area contributed by atoms with Gasteiger partial charge in [-0.25, -0.2) is 0 Å². The maximum atomic E-state index is 5.35. The van der Waals surface area contributed by atoms with Crippen molar-refractivity contribution < 1.29 is 0 Å². The number of nitrogens with zero attached hydrogens (tertiary/aromatic N) is 3. The van der Waals surface area contributed by atoms with Gasteiger partial charge in [-0.15, -0.1) is 0 Å². The van der Waals surface area contributed by atoms with Crippen LogP contribution < -0.4 is 5.01 Å². The Kier molecular flexibility index (Phi) is 4.50. The van der Waals surface area contributed by atoms with E-state index in [2.05, 4.69) is 114 Å². The van der Waals surface area contributed by atoms with E-state index in [1.165, 1.54) is 35.3 Å². The lowest BCUT2D eigenvalue weighted by atomic mass is 9.78. The molecule has 3 aliphatic heterocycles. The molecule has 2 fully saturated rings. The normalized spacial score (nSPS) is 28.6. The molecule has 3 aromatic rings. The Bertz CT molecular complexity index is 1120. The first kappa shape index (κ1) is 18.6. The van der Waals surface area contributed by atoms with Gasteiger partial charge in [0.1, 0.15) is 0 Å². The molecule has 0 unspecified atom stereocenters. The van der Waals surface area contributed by atoms with Crippen LogP contribution in [-0.4, -0.2) is 29.7 Å². The van der Waals surface area contributed by atoms with E-state index in [-0.39, 0.29) is 6.04 Å². The zero-order chi connectivity index (χ0) is 20.8. The van der Waals surface area contributed by atoms with Crippen LogP contribution in [0, 0.1) is 5.92 Å². The average molecular weight is 406 g/mol. The predicted molar refractivity (Wildman–Crippen MR) is 128 cm³/mol. The Labute approximate surface area is 184 Å². The number of anilines is 1. The molecule has 154 valence electrons. The van der Waals surface area contributed by atoms with Crippen LogP contribution >= 0.6 is 0 Å². The van der Waals surface area contributed by atoms with Gasteiger partial charge in [0.05, 0.1) is 17.4 Å². The van der Waals surface area contributed by atoms with E-state index in [1.54, 1.807) is 0 Å². The van der Waals surface area contributed by atoms with Crippen molar-refractivity contribution in [2.45, 2.75) is 31.0 Å². The third-order valence-electron chi connectivity index (χ3n) is 7.24. The van der Waals surface area contributed by atoms with Gasteiger partial charge in [-0.1, -0.05) is 78.9 Å². The molecule has 2 bridgehead atoms. The standard InChI is InChI=1S/C28H27N3/c1-30-24-17-18-25(30)26-27(23(24)19-20-11-5-2-6-12-20)29-31(22-15-9-4-10-16-22)28(26)21-13-7-3-8-14-21/h2-16,19,24-26,28H,17-18H2,1H3/b23-19+/t24-,25+,26-,28+/m1/s1. The number of benzene rings is 3. The highest BCUT2D eigenvalue weighted by Gasteiger charge is 2.54. The molecule has 0 N–H and O–H groups in total. The summed E-state index contributed by atoms with van der Waals surface area (Å²) in [6, 6.07) is 33.5. The Morgan fingerprint density at radius 1 is 0.806 bits per heavy atom. The highest BCUT2D eigenvalue weighted by Crippen LogP contribution is 2.51. The molecule has 0 radical (unpaired) electrons. The first-order chi connectivity index (χ1) is 15.3. The van der Waals surface area contributed by atoms with Crippen molar-refractivity contribution in [1.82, 2.24) is 4.90 Å². The van der Waals surface area contributed by atoms with Gasteiger partial charge in [0.15, 0.2) is 0 Å². The number of rotatable bonds is 3. The van der Waals surface area contributed by atoms with Gasteiger partial charge in [0.25, 0.3) is 0 Å². The third kappa shape index (κ3) is 3.03. The molecule has 4 atom stereocenters. The van der Waals surface area contributed by atoms with E-state index in [1.807, 2.05) is 0 Å². The molecular weight excluding hydrogens is 378 g/mol. The van der Waals surface area contributed by atoms with Gasteiger partial charge in [0, 0.05) is 18.0 Å². The second kappa shape index (κ2) is 7.51.